The summed E-state index contributed by atoms with van der Waals surface area (Å²) in [6.45, 7) is 7.00. The number of anilines is 2. The van der Waals surface area contributed by atoms with Crippen molar-refractivity contribution in [3.63, 3.8) is 0 Å². The van der Waals surface area contributed by atoms with E-state index in [4.69, 9.17) is 21.7 Å². The first-order valence-electron chi connectivity index (χ1n) is 11.3. The molecule has 0 saturated heterocycles. The first-order chi connectivity index (χ1) is 17.2. The number of carbonyl (C=O) groups excluding carboxylic acids is 1. The minimum atomic E-state index is -3.77. The lowest BCUT2D eigenvalue weighted by Crippen LogP contribution is -2.34. The molecule has 0 aliphatic rings. The van der Waals surface area contributed by atoms with Crippen molar-refractivity contribution in [3.05, 3.63) is 83.4 Å². The minimum Gasteiger partial charge on any atom is -0.490 e. The van der Waals surface area contributed by atoms with Crippen LogP contribution in [-0.4, -0.2) is 39.3 Å². The number of aryl methyl sites for hydroxylation is 2. The van der Waals surface area contributed by atoms with Crippen molar-refractivity contribution in [2.75, 3.05) is 29.9 Å². The van der Waals surface area contributed by atoms with Crippen LogP contribution in [0.5, 0.6) is 5.75 Å². The second kappa shape index (κ2) is 12.5. The Balaban J connectivity index is 1.61. The maximum Gasteiger partial charge on any atom is 0.261 e. The van der Waals surface area contributed by atoms with Gasteiger partial charge in [0.05, 0.1) is 22.8 Å². The van der Waals surface area contributed by atoms with Gasteiger partial charge in [0, 0.05) is 12.3 Å². The molecule has 1 amide bonds. The van der Waals surface area contributed by atoms with E-state index in [9.17, 15) is 13.2 Å². The summed E-state index contributed by atoms with van der Waals surface area (Å²) in [6, 6.07) is 18.4. The predicted molar refractivity (Wildman–Crippen MR) is 145 cm³/mol. The van der Waals surface area contributed by atoms with Crippen LogP contribution in [0.3, 0.4) is 0 Å². The molecule has 190 valence electrons. The van der Waals surface area contributed by atoms with Crippen LogP contribution in [0, 0.1) is 13.8 Å². The van der Waals surface area contributed by atoms with Crippen LogP contribution < -0.4 is 20.1 Å². The third-order valence-corrected chi connectivity index (χ3v) is 6.68. The topological polar surface area (TPSA) is 106 Å². The van der Waals surface area contributed by atoms with E-state index in [0.717, 1.165) is 11.1 Å². The summed E-state index contributed by atoms with van der Waals surface area (Å²) in [5, 5.41) is 5.57. The highest BCUT2D eigenvalue weighted by Crippen LogP contribution is 2.22. The fourth-order valence-corrected chi connectivity index (χ4v) is 4.66. The molecule has 36 heavy (non-hydrogen) atoms. The number of rotatable bonds is 10. The Bertz CT molecular complexity index is 1330. The Morgan fingerprint density at radius 1 is 0.972 bits per heavy atom. The summed E-state index contributed by atoms with van der Waals surface area (Å²) in [5.41, 5.74) is 3.25. The Labute approximate surface area is 217 Å². The van der Waals surface area contributed by atoms with Gasteiger partial charge in [-0.2, -0.15) is 0 Å². The zero-order valence-corrected chi connectivity index (χ0v) is 22.0. The molecule has 0 heterocycles. The van der Waals surface area contributed by atoms with Crippen LogP contribution in [0.1, 0.15) is 28.4 Å². The third-order valence-electron chi connectivity index (χ3n) is 5.10. The number of amides is 1. The van der Waals surface area contributed by atoms with Gasteiger partial charge in [0.25, 0.3) is 15.9 Å². The Kier molecular flexibility index (Phi) is 9.40. The Hall–Kier alpha value is -3.47. The van der Waals surface area contributed by atoms with Crippen LogP contribution in [0.2, 0.25) is 0 Å². The molecule has 10 heteroatoms. The van der Waals surface area contributed by atoms with Gasteiger partial charge in [0.2, 0.25) is 0 Å². The van der Waals surface area contributed by atoms with Crippen LogP contribution in [0.4, 0.5) is 11.4 Å². The molecule has 0 unspecified atom stereocenters. The molecule has 0 saturated carbocycles. The molecule has 3 rings (SSSR count). The summed E-state index contributed by atoms with van der Waals surface area (Å²) in [4.78, 5) is 12.8. The Morgan fingerprint density at radius 3 is 2.39 bits per heavy atom. The van der Waals surface area contributed by atoms with E-state index in [-0.39, 0.29) is 10.0 Å². The molecule has 0 bridgehead atoms. The SMILES string of the molecule is CCOCCOc1ccccc1C(=O)NC(=S)Nc1ccc(S(=O)(=O)Nc2ccc(C)cc2C)cc1. The average molecular weight is 528 g/mol. The fraction of sp³-hybridized carbons (Fsp3) is 0.231. The molecule has 0 fully saturated rings. The van der Waals surface area contributed by atoms with Crippen molar-refractivity contribution in [2.24, 2.45) is 0 Å². The van der Waals surface area contributed by atoms with E-state index in [2.05, 4.69) is 15.4 Å². The van der Waals surface area contributed by atoms with Gasteiger partial charge >= 0.3 is 0 Å². The molecular weight excluding hydrogens is 498 g/mol. The molecule has 8 nitrogen and oxygen atoms in total. The van der Waals surface area contributed by atoms with Crippen LogP contribution in [-0.2, 0) is 14.8 Å². The Morgan fingerprint density at radius 2 is 1.69 bits per heavy atom. The molecule has 3 aromatic rings. The predicted octanol–water partition coefficient (Wildman–Crippen LogP) is 4.65. The highest BCUT2D eigenvalue weighted by molar-refractivity contribution is 7.92. The summed E-state index contributed by atoms with van der Waals surface area (Å²) < 4.78 is 39.1. The van der Waals surface area contributed by atoms with Crippen LogP contribution in [0.25, 0.3) is 0 Å². The van der Waals surface area contributed by atoms with Crippen molar-refractivity contribution < 1.29 is 22.7 Å². The lowest BCUT2D eigenvalue weighted by molar-refractivity contribution is 0.0958. The lowest BCUT2D eigenvalue weighted by Gasteiger charge is -2.14. The summed E-state index contributed by atoms with van der Waals surface area (Å²) in [7, 11) is -3.77. The number of hydrogen-bond acceptors (Lipinski definition) is 6. The van der Waals surface area contributed by atoms with Gasteiger partial charge in [-0.25, -0.2) is 8.42 Å². The van der Waals surface area contributed by atoms with Gasteiger partial charge in [-0.05, 0) is 81.0 Å². The normalized spacial score (nSPS) is 11.0. The lowest BCUT2D eigenvalue weighted by atomic mass is 10.1. The highest BCUT2D eigenvalue weighted by atomic mass is 32.2. The number of carbonyl (C=O) groups is 1. The first-order valence-corrected chi connectivity index (χ1v) is 13.2. The quantitative estimate of drug-likeness (QED) is 0.260. The van der Waals surface area contributed by atoms with Gasteiger partial charge in [0.1, 0.15) is 12.4 Å². The number of ether oxygens (including phenoxy) is 2. The summed E-state index contributed by atoms with van der Waals surface area (Å²) in [6.07, 6.45) is 0. The zero-order valence-electron chi connectivity index (χ0n) is 20.3. The number of nitrogens with one attached hydrogen (secondary N) is 3. The summed E-state index contributed by atoms with van der Waals surface area (Å²) >= 11 is 5.26. The number of para-hydroxylation sites is 1. The first kappa shape index (κ1) is 27.1. The van der Waals surface area contributed by atoms with Gasteiger partial charge < -0.3 is 14.8 Å². The smallest absolute Gasteiger partial charge is 0.261 e. The van der Waals surface area contributed by atoms with Crippen LogP contribution in [0.15, 0.2) is 71.6 Å². The van der Waals surface area contributed by atoms with Crippen molar-refractivity contribution in [1.82, 2.24) is 5.32 Å². The molecule has 3 aromatic carbocycles. The number of thiocarbonyl (C=S) groups is 1. The van der Waals surface area contributed by atoms with Crippen molar-refractivity contribution in [3.8, 4) is 5.75 Å². The van der Waals surface area contributed by atoms with Gasteiger partial charge in [-0.3, -0.25) is 14.8 Å². The number of benzene rings is 3. The van der Waals surface area contributed by atoms with Crippen molar-refractivity contribution in [1.29, 1.82) is 0 Å². The third kappa shape index (κ3) is 7.51. The number of sulfonamides is 1. The average Bonchev–Trinajstić information content (AvgIpc) is 2.84. The molecule has 0 aliphatic carbocycles. The van der Waals surface area contributed by atoms with E-state index >= 15 is 0 Å². The molecule has 0 atom stereocenters. The molecule has 0 spiro atoms. The van der Waals surface area contributed by atoms with Crippen molar-refractivity contribution >= 4 is 44.6 Å². The molecular formula is C26H29N3O5S2. The van der Waals surface area contributed by atoms with Crippen molar-refractivity contribution in [2.45, 2.75) is 25.7 Å². The monoisotopic (exact) mass is 527 g/mol. The molecule has 0 radical (unpaired) electrons. The van der Waals surface area contributed by atoms with E-state index in [1.54, 1.807) is 42.5 Å². The van der Waals surface area contributed by atoms with E-state index < -0.39 is 15.9 Å². The van der Waals surface area contributed by atoms with Gasteiger partial charge in [-0.1, -0.05) is 29.8 Å². The maximum absolute atomic E-state index is 12.8. The highest BCUT2D eigenvalue weighted by Gasteiger charge is 2.16. The summed E-state index contributed by atoms with van der Waals surface area (Å²) in [5.74, 6) is -0.0141. The minimum absolute atomic E-state index is 0.0631. The second-order valence-corrected chi connectivity index (χ2v) is 9.99. The largest absolute Gasteiger partial charge is 0.490 e. The van der Waals surface area contributed by atoms with Gasteiger partial charge in [0.15, 0.2) is 5.11 Å². The molecule has 0 aromatic heterocycles. The number of hydrogen-bond donors (Lipinski definition) is 3. The van der Waals surface area contributed by atoms with E-state index in [1.807, 2.05) is 32.9 Å². The van der Waals surface area contributed by atoms with Gasteiger partial charge in [-0.15, -0.1) is 0 Å². The van der Waals surface area contributed by atoms with Crippen LogP contribution >= 0.6 is 12.2 Å². The standard InChI is InChI=1S/C26H29N3O5S2/c1-4-33-15-16-34-24-8-6-5-7-22(24)25(30)28-26(35)27-20-10-12-21(13-11-20)36(31,32)29-23-14-9-18(2)17-19(23)3/h5-14,17,29H,4,15-16H2,1-3H3,(H2,27,28,30,35). The molecule has 3 N–H and O–H groups in total. The molecule has 0 aliphatic heterocycles. The fourth-order valence-electron chi connectivity index (χ4n) is 3.32. The van der Waals surface area contributed by atoms with E-state index in [1.165, 1.54) is 12.1 Å². The zero-order chi connectivity index (χ0) is 26.1. The van der Waals surface area contributed by atoms with E-state index in [0.29, 0.717) is 42.5 Å². The second-order valence-electron chi connectivity index (χ2n) is 7.90. The maximum atomic E-state index is 12.8.